The first-order chi connectivity index (χ1) is 6.89. The van der Waals surface area contributed by atoms with Gasteiger partial charge in [0.2, 0.25) is 0 Å². The van der Waals surface area contributed by atoms with Gasteiger partial charge in [-0.1, -0.05) is 47.1 Å². The molecule has 16 heavy (non-hydrogen) atoms. The highest BCUT2D eigenvalue weighted by atomic mass is 14.6. The lowest BCUT2D eigenvalue weighted by molar-refractivity contribution is 0.489. The van der Waals surface area contributed by atoms with Crippen molar-refractivity contribution < 1.29 is 0 Å². The van der Waals surface area contributed by atoms with Crippen molar-refractivity contribution in [2.45, 2.75) is 62.3 Å². The number of hydrogen-bond donors (Lipinski definition) is 1. The Balaban J connectivity index is 5.55. The van der Waals surface area contributed by atoms with E-state index in [9.17, 15) is 0 Å². The molecule has 0 aromatic rings. The van der Waals surface area contributed by atoms with E-state index in [0.29, 0.717) is 0 Å². The molecule has 0 saturated carbocycles. The lowest BCUT2D eigenvalue weighted by atomic mass is 9.80. The molecule has 0 saturated heterocycles. The summed E-state index contributed by atoms with van der Waals surface area (Å²) in [6.45, 7) is 19.7. The average Bonchev–Trinajstić information content (AvgIpc) is 2.10. The Morgan fingerprint density at radius 2 is 1.00 bits per heavy atom. The van der Waals surface area contributed by atoms with Gasteiger partial charge in [-0.2, -0.15) is 0 Å². The van der Waals surface area contributed by atoms with E-state index < -0.39 is 0 Å². The van der Waals surface area contributed by atoms with Crippen molar-refractivity contribution in [2.75, 3.05) is 0 Å². The predicted molar refractivity (Wildman–Crippen MR) is 74.2 cm³/mol. The molecule has 0 aromatic carbocycles. The molecule has 0 spiro atoms. The molecule has 0 heterocycles. The molecule has 0 bridgehead atoms. The van der Waals surface area contributed by atoms with Crippen molar-refractivity contribution in [2.24, 2.45) is 16.6 Å². The Hall–Kier alpha value is -0.720. The number of nitrogens with two attached hydrogens (primary N) is 1. The molecule has 0 amide bonds. The third-order valence-corrected chi connectivity index (χ3v) is 3.62. The van der Waals surface area contributed by atoms with Gasteiger partial charge in [-0.05, 0) is 42.7 Å². The van der Waals surface area contributed by atoms with Gasteiger partial charge in [-0.25, -0.2) is 0 Å². The lowest BCUT2D eigenvalue weighted by Gasteiger charge is -2.27. The minimum atomic E-state index is 0.142. The third kappa shape index (κ3) is 3.70. The molecule has 94 valence electrons. The summed E-state index contributed by atoms with van der Waals surface area (Å²) in [5.41, 5.74) is 11.4. The molecule has 0 aliphatic heterocycles. The minimum Gasteiger partial charge on any atom is -0.399 e. The Morgan fingerprint density at radius 3 is 1.25 bits per heavy atom. The first-order valence-electron chi connectivity index (χ1n) is 6.04. The van der Waals surface area contributed by atoms with Crippen molar-refractivity contribution >= 4 is 0 Å². The largest absolute Gasteiger partial charge is 0.399 e. The van der Waals surface area contributed by atoms with Gasteiger partial charge in [0.05, 0.1) is 0 Å². The summed E-state index contributed by atoms with van der Waals surface area (Å²) >= 11 is 0. The average molecular weight is 223 g/mol. The maximum atomic E-state index is 6.27. The van der Waals surface area contributed by atoms with Crippen LogP contribution in [0.2, 0.25) is 0 Å². The molecule has 0 aliphatic carbocycles. The van der Waals surface area contributed by atoms with E-state index in [-0.39, 0.29) is 10.8 Å². The van der Waals surface area contributed by atoms with Crippen LogP contribution >= 0.6 is 0 Å². The molecule has 1 nitrogen and oxygen atoms in total. The molecule has 0 aliphatic rings. The van der Waals surface area contributed by atoms with Crippen molar-refractivity contribution in [1.82, 2.24) is 0 Å². The Labute approximate surface area is 102 Å². The zero-order valence-corrected chi connectivity index (χ0v) is 12.6. The van der Waals surface area contributed by atoms with E-state index in [2.05, 4.69) is 62.3 Å². The fraction of sp³-hybridized carbons (Fsp3) is 0.733. The zero-order chi connectivity index (χ0) is 13.3. The zero-order valence-electron chi connectivity index (χ0n) is 12.6. The smallest absolute Gasteiger partial charge is 0.0337 e. The van der Waals surface area contributed by atoms with E-state index in [1.807, 2.05) is 0 Å². The Kier molecular flexibility index (Phi) is 4.44. The van der Waals surface area contributed by atoms with Gasteiger partial charge >= 0.3 is 0 Å². The maximum Gasteiger partial charge on any atom is 0.0337 e. The summed E-state index contributed by atoms with van der Waals surface area (Å²) in [7, 11) is 0. The topological polar surface area (TPSA) is 26.0 Å². The predicted octanol–water partition coefficient (Wildman–Crippen LogP) is 4.65. The molecule has 0 fully saturated rings. The van der Waals surface area contributed by atoms with Crippen LogP contribution in [0.4, 0.5) is 0 Å². The highest BCUT2D eigenvalue weighted by Gasteiger charge is 2.20. The van der Waals surface area contributed by atoms with Crippen molar-refractivity contribution in [3.8, 4) is 0 Å². The molecule has 0 radical (unpaired) electrons. The van der Waals surface area contributed by atoms with E-state index in [4.69, 9.17) is 5.73 Å². The second kappa shape index (κ2) is 4.65. The molecule has 2 N–H and O–H groups in total. The van der Waals surface area contributed by atoms with Gasteiger partial charge in [0, 0.05) is 5.70 Å². The van der Waals surface area contributed by atoms with Crippen LogP contribution in [0.1, 0.15) is 62.3 Å². The summed E-state index contributed by atoms with van der Waals surface area (Å²) in [4.78, 5) is 0. The van der Waals surface area contributed by atoms with Crippen LogP contribution in [0, 0.1) is 10.8 Å². The summed E-state index contributed by atoms with van der Waals surface area (Å²) in [5, 5.41) is 0. The van der Waals surface area contributed by atoms with Gasteiger partial charge in [0.25, 0.3) is 0 Å². The first kappa shape index (κ1) is 15.3. The van der Waals surface area contributed by atoms with Crippen LogP contribution in [0.15, 0.2) is 22.4 Å². The highest BCUT2D eigenvalue weighted by Crippen LogP contribution is 2.33. The summed E-state index contributed by atoms with van der Waals surface area (Å²) in [5.74, 6) is 0. The SMILES string of the molecule is C/C(=C(N)\C(C)=C(/C)C(C)(C)C)C(C)(C)C. The van der Waals surface area contributed by atoms with Gasteiger partial charge in [-0.3, -0.25) is 0 Å². The quantitative estimate of drug-likeness (QED) is 0.643. The summed E-state index contributed by atoms with van der Waals surface area (Å²) in [6, 6.07) is 0. The molecular formula is C15H29N. The second-order valence-electron chi connectivity index (χ2n) is 6.79. The van der Waals surface area contributed by atoms with E-state index in [1.54, 1.807) is 0 Å². The summed E-state index contributed by atoms with van der Waals surface area (Å²) < 4.78 is 0. The molecule has 0 rings (SSSR count). The van der Waals surface area contributed by atoms with Crippen molar-refractivity contribution in [3.05, 3.63) is 22.4 Å². The fourth-order valence-corrected chi connectivity index (χ4v) is 1.45. The van der Waals surface area contributed by atoms with Gasteiger partial charge < -0.3 is 5.73 Å². The Bertz CT molecular complexity index is 282. The maximum absolute atomic E-state index is 6.27. The van der Waals surface area contributed by atoms with Crippen LogP contribution in [0.5, 0.6) is 0 Å². The van der Waals surface area contributed by atoms with E-state index >= 15 is 0 Å². The van der Waals surface area contributed by atoms with Crippen LogP contribution in [-0.4, -0.2) is 0 Å². The second-order valence-corrected chi connectivity index (χ2v) is 6.79. The van der Waals surface area contributed by atoms with E-state index in [0.717, 1.165) is 5.70 Å². The van der Waals surface area contributed by atoms with Crippen molar-refractivity contribution in [1.29, 1.82) is 0 Å². The number of hydrogen-bond acceptors (Lipinski definition) is 1. The van der Waals surface area contributed by atoms with E-state index in [1.165, 1.54) is 16.7 Å². The standard InChI is InChI=1S/C15H29N/c1-10(11(2)14(4,5)6)13(16)12(3)15(7,8)9/h16H2,1-9H3/b11-10+,13-12-. The molecule has 0 unspecified atom stereocenters. The first-order valence-corrected chi connectivity index (χ1v) is 6.04. The molecular weight excluding hydrogens is 194 g/mol. The minimum absolute atomic E-state index is 0.142. The van der Waals surface area contributed by atoms with Crippen LogP contribution in [-0.2, 0) is 0 Å². The molecule has 1 heteroatoms. The number of allylic oxidation sites excluding steroid dienone is 3. The molecule has 0 aromatic heterocycles. The Morgan fingerprint density at radius 1 is 0.688 bits per heavy atom. The number of rotatable bonds is 1. The summed E-state index contributed by atoms with van der Waals surface area (Å²) in [6.07, 6.45) is 0. The highest BCUT2D eigenvalue weighted by molar-refractivity contribution is 5.37. The fourth-order valence-electron chi connectivity index (χ4n) is 1.45. The normalized spacial score (nSPS) is 16.8. The monoisotopic (exact) mass is 223 g/mol. The van der Waals surface area contributed by atoms with Gasteiger partial charge in [-0.15, -0.1) is 0 Å². The van der Waals surface area contributed by atoms with Crippen LogP contribution in [0.25, 0.3) is 0 Å². The van der Waals surface area contributed by atoms with Crippen LogP contribution in [0.3, 0.4) is 0 Å². The van der Waals surface area contributed by atoms with Gasteiger partial charge in [0.1, 0.15) is 0 Å². The lowest BCUT2D eigenvalue weighted by Crippen LogP contribution is -2.17. The van der Waals surface area contributed by atoms with Gasteiger partial charge in [0.15, 0.2) is 0 Å². The molecule has 0 atom stereocenters. The van der Waals surface area contributed by atoms with Crippen molar-refractivity contribution in [3.63, 3.8) is 0 Å². The third-order valence-electron chi connectivity index (χ3n) is 3.62. The van der Waals surface area contributed by atoms with Crippen LogP contribution < -0.4 is 5.73 Å².